The van der Waals surface area contributed by atoms with Crippen LogP contribution in [0.25, 0.3) is 0 Å². The molecule has 2 nitrogen and oxygen atoms in total. The van der Waals surface area contributed by atoms with E-state index in [9.17, 15) is 0 Å². The molecule has 0 spiro atoms. The number of nitriles is 1. The molecule has 18 heavy (non-hydrogen) atoms. The van der Waals surface area contributed by atoms with Crippen LogP contribution in [-0.4, -0.2) is 6.04 Å². The SMILES string of the molecule is CC(Cc1ccccc1)NCc1ccc(C#N)s1. The molecule has 1 unspecified atom stereocenters. The molecule has 1 atom stereocenters. The van der Waals surface area contributed by atoms with Gasteiger partial charge >= 0.3 is 0 Å². The molecule has 0 aliphatic heterocycles. The van der Waals surface area contributed by atoms with Gasteiger partial charge in [-0.3, -0.25) is 0 Å². The van der Waals surface area contributed by atoms with Gasteiger partial charge in [-0.2, -0.15) is 5.26 Å². The Morgan fingerprint density at radius 1 is 1.22 bits per heavy atom. The van der Waals surface area contributed by atoms with Crippen molar-refractivity contribution in [3.8, 4) is 6.07 Å². The summed E-state index contributed by atoms with van der Waals surface area (Å²) >= 11 is 1.56. The smallest absolute Gasteiger partial charge is 0.110 e. The third-order valence-electron chi connectivity index (χ3n) is 2.78. The Bertz CT molecular complexity index is 525. The maximum Gasteiger partial charge on any atom is 0.110 e. The fraction of sp³-hybridized carbons (Fsp3) is 0.267. The van der Waals surface area contributed by atoms with Gasteiger partial charge in [0.25, 0.3) is 0 Å². The second kappa shape index (κ2) is 6.34. The number of thiophene rings is 1. The van der Waals surface area contributed by atoms with Gasteiger partial charge in [0.05, 0.1) is 0 Å². The second-order valence-electron chi connectivity index (χ2n) is 4.35. The highest BCUT2D eigenvalue weighted by molar-refractivity contribution is 7.12. The Morgan fingerprint density at radius 2 is 2.00 bits per heavy atom. The summed E-state index contributed by atoms with van der Waals surface area (Å²) in [4.78, 5) is 1.99. The first-order valence-corrected chi connectivity index (χ1v) is 6.85. The summed E-state index contributed by atoms with van der Waals surface area (Å²) in [6.45, 7) is 3.02. The number of nitrogens with zero attached hydrogens (tertiary/aromatic N) is 1. The van der Waals surface area contributed by atoms with Gasteiger partial charge in [0, 0.05) is 17.5 Å². The van der Waals surface area contributed by atoms with Crippen molar-refractivity contribution in [2.45, 2.75) is 25.9 Å². The lowest BCUT2D eigenvalue weighted by atomic mass is 10.1. The van der Waals surface area contributed by atoms with E-state index in [1.807, 2.05) is 18.2 Å². The predicted octanol–water partition coefficient (Wildman–Crippen LogP) is 3.34. The molecule has 0 radical (unpaired) electrons. The van der Waals surface area contributed by atoms with Crippen molar-refractivity contribution < 1.29 is 0 Å². The molecule has 0 bridgehead atoms. The van der Waals surface area contributed by atoms with Crippen LogP contribution in [-0.2, 0) is 13.0 Å². The van der Waals surface area contributed by atoms with Crippen molar-refractivity contribution in [1.82, 2.24) is 5.32 Å². The zero-order valence-corrected chi connectivity index (χ0v) is 11.2. The number of hydrogen-bond donors (Lipinski definition) is 1. The number of benzene rings is 1. The Balaban J connectivity index is 1.82. The topological polar surface area (TPSA) is 35.8 Å². The van der Waals surface area contributed by atoms with E-state index >= 15 is 0 Å². The average Bonchev–Trinajstić information content (AvgIpc) is 2.85. The van der Waals surface area contributed by atoms with Gasteiger partial charge in [-0.1, -0.05) is 30.3 Å². The molecule has 0 fully saturated rings. The first kappa shape index (κ1) is 12.8. The third kappa shape index (κ3) is 3.69. The van der Waals surface area contributed by atoms with Crippen molar-refractivity contribution in [2.75, 3.05) is 0 Å². The van der Waals surface area contributed by atoms with Crippen LogP contribution < -0.4 is 5.32 Å². The Hall–Kier alpha value is -1.63. The van der Waals surface area contributed by atoms with Crippen LogP contribution in [0.4, 0.5) is 0 Å². The van der Waals surface area contributed by atoms with E-state index in [1.54, 1.807) is 11.3 Å². The third-order valence-corrected chi connectivity index (χ3v) is 3.77. The molecule has 0 aliphatic carbocycles. The van der Waals surface area contributed by atoms with Gasteiger partial charge in [0.1, 0.15) is 10.9 Å². The maximum atomic E-state index is 8.76. The van der Waals surface area contributed by atoms with Crippen LogP contribution in [0.1, 0.15) is 22.2 Å². The molecule has 0 saturated carbocycles. The predicted molar refractivity (Wildman–Crippen MR) is 75.5 cm³/mol. The molecule has 2 rings (SSSR count). The zero-order valence-electron chi connectivity index (χ0n) is 10.4. The van der Waals surface area contributed by atoms with Crippen LogP contribution >= 0.6 is 11.3 Å². The number of hydrogen-bond acceptors (Lipinski definition) is 3. The van der Waals surface area contributed by atoms with E-state index in [0.29, 0.717) is 6.04 Å². The molecular weight excluding hydrogens is 240 g/mol. The second-order valence-corrected chi connectivity index (χ2v) is 5.52. The minimum absolute atomic E-state index is 0.431. The molecule has 1 aromatic heterocycles. The fourth-order valence-corrected chi connectivity index (χ4v) is 2.60. The largest absolute Gasteiger partial charge is 0.309 e. The minimum atomic E-state index is 0.431. The summed E-state index contributed by atoms with van der Waals surface area (Å²) in [5.74, 6) is 0. The zero-order chi connectivity index (χ0) is 12.8. The molecule has 2 aromatic rings. The van der Waals surface area contributed by atoms with Crippen LogP contribution in [0, 0.1) is 11.3 Å². The van der Waals surface area contributed by atoms with Gasteiger partial charge in [-0.05, 0) is 31.0 Å². The normalized spacial score (nSPS) is 12.0. The number of nitrogens with one attached hydrogen (secondary N) is 1. The van der Waals surface area contributed by atoms with Crippen molar-refractivity contribution in [3.05, 3.63) is 57.8 Å². The summed E-state index contributed by atoms with van der Waals surface area (Å²) in [6, 6.07) is 17.0. The summed E-state index contributed by atoms with van der Waals surface area (Å²) in [6.07, 6.45) is 1.03. The highest BCUT2D eigenvalue weighted by atomic mass is 32.1. The van der Waals surface area contributed by atoms with Gasteiger partial charge in [-0.15, -0.1) is 11.3 Å². The van der Waals surface area contributed by atoms with Crippen molar-refractivity contribution in [2.24, 2.45) is 0 Å². The monoisotopic (exact) mass is 256 g/mol. The molecule has 0 amide bonds. The number of rotatable bonds is 5. The van der Waals surface area contributed by atoms with E-state index < -0.39 is 0 Å². The first-order chi connectivity index (χ1) is 8.78. The average molecular weight is 256 g/mol. The maximum absolute atomic E-state index is 8.76. The van der Waals surface area contributed by atoms with Crippen LogP contribution in [0.15, 0.2) is 42.5 Å². The molecule has 0 saturated heterocycles. The van der Waals surface area contributed by atoms with Crippen LogP contribution in [0.3, 0.4) is 0 Å². The summed E-state index contributed by atoms with van der Waals surface area (Å²) in [5.41, 5.74) is 1.35. The standard InChI is InChI=1S/C15H16N2S/c1-12(9-13-5-3-2-4-6-13)17-11-15-8-7-14(10-16)18-15/h2-8,12,17H,9,11H2,1H3. The Morgan fingerprint density at radius 3 is 2.67 bits per heavy atom. The lowest BCUT2D eigenvalue weighted by molar-refractivity contribution is 0.549. The van der Waals surface area contributed by atoms with Crippen LogP contribution in [0.2, 0.25) is 0 Å². The first-order valence-electron chi connectivity index (χ1n) is 6.04. The molecule has 1 N–H and O–H groups in total. The molecule has 1 heterocycles. The molecule has 0 aliphatic rings. The van der Waals surface area contributed by atoms with Gasteiger partial charge in [0.2, 0.25) is 0 Å². The summed E-state index contributed by atoms with van der Waals surface area (Å²) in [5, 5.41) is 12.2. The lowest BCUT2D eigenvalue weighted by Gasteiger charge is -2.13. The highest BCUT2D eigenvalue weighted by Crippen LogP contribution is 2.15. The Labute approximate surface area is 112 Å². The highest BCUT2D eigenvalue weighted by Gasteiger charge is 2.04. The van der Waals surface area contributed by atoms with Crippen molar-refractivity contribution in [1.29, 1.82) is 5.26 Å². The van der Waals surface area contributed by atoms with Gasteiger partial charge < -0.3 is 5.32 Å². The van der Waals surface area contributed by atoms with E-state index in [4.69, 9.17) is 5.26 Å². The quantitative estimate of drug-likeness (QED) is 0.890. The van der Waals surface area contributed by atoms with E-state index in [2.05, 4.69) is 42.6 Å². The summed E-state index contributed by atoms with van der Waals surface area (Å²) in [7, 11) is 0. The molecule has 92 valence electrons. The molecule has 3 heteroatoms. The van der Waals surface area contributed by atoms with Gasteiger partial charge in [-0.25, -0.2) is 0 Å². The van der Waals surface area contributed by atoms with Crippen molar-refractivity contribution in [3.63, 3.8) is 0 Å². The molecular formula is C15H16N2S. The van der Waals surface area contributed by atoms with E-state index in [0.717, 1.165) is 17.8 Å². The molecule has 1 aromatic carbocycles. The van der Waals surface area contributed by atoms with Crippen LogP contribution in [0.5, 0.6) is 0 Å². The lowest BCUT2D eigenvalue weighted by Crippen LogP contribution is -2.27. The Kier molecular flexibility index (Phi) is 4.52. The van der Waals surface area contributed by atoms with E-state index in [-0.39, 0.29) is 0 Å². The summed E-state index contributed by atoms with van der Waals surface area (Å²) < 4.78 is 0. The van der Waals surface area contributed by atoms with Crippen molar-refractivity contribution >= 4 is 11.3 Å². The van der Waals surface area contributed by atoms with Gasteiger partial charge in [0.15, 0.2) is 0 Å². The van der Waals surface area contributed by atoms with E-state index in [1.165, 1.54) is 10.4 Å². The minimum Gasteiger partial charge on any atom is -0.309 e. The fourth-order valence-electron chi connectivity index (χ4n) is 1.85.